The highest BCUT2D eigenvalue weighted by Gasteiger charge is 2.37. The smallest absolute Gasteiger partial charge is 0.433 e. The van der Waals surface area contributed by atoms with E-state index in [4.69, 9.17) is 9.84 Å². The second-order valence-electron chi connectivity index (χ2n) is 16.1. The van der Waals surface area contributed by atoms with Crippen molar-refractivity contribution < 1.29 is 32.3 Å². The van der Waals surface area contributed by atoms with Crippen LogP contribution in [0.15, 0.2) is 59.5 Å². The maximum absolute atomic E-state index is 13.6. The number of alkyl halides is 3. The zero-order valence-corrected chi connectivity index (χ0v) is 33.5. The predicted octanol–water partition coefficient (Wildman–Crippen LogP) is 6.02. The van der Waals surface area contributed by atoms with Crippen LogP contribution in [0.2, 0.25) is 0 Å². The van der Waals surface area contributed by atoms with Crippen molar-refractivity contribution in [3.63, 3.8) is 0 Å². The standard InChI is InChI=1S/C42H48F3N9O5/c1-49(27-17-19-52(20-18-27)32-8-6-9-33-38(32)51(3)41(58)54(33)34-15-16-37(55)50(2)40(34)57)23-25-11-13-28(14-12-25)53-24-26-21-31(35(59-4)22-30(26)48-53)47-39(56)29-7-5-10-36(46-29)42(43,44)45/h5-10,21-22,24-25,27-28,34H,11-20,23H2,1-4H3,(H,47,56). The van der Waals surface area contributed by atoms with Gasteiger partial charge in [0, 0.05) is 63.8 Å². The number of nitrogens with zero attached hydrogens (tertiary/aromatic N) is 8. The van der Waals surface area contributed by atoms with Crippen molar-refractivity contribution in [3.8, 4) is 5.75 Å². The molecule has 0 bridgehead atoms. The van der Waals surface area contributed by atoms with Gasteiger partial charge in [0.25, 0.3) is 11.8 Å². The van der Waals surface area contributed by atoms with Crippen LogP contribution in [0.1, 0.15) is 79.6 Å². The van der Waals surface area contributed by atoms with Crippen molar-refractivity contribution >= 4 is 51.0 Å². The van der Waals surface area contributed by atoms with Crippen molar-refractivity contribution in [2.75, 3.05) is 51.1 Å². The number of amides is 3. The molecule has 1 saturated carbocycles. The van der Waals surface area contributed by atoms with Gasteiger partial charge in [-0.2, -0.15) is 18.3 Å². The molecule has 2 aliphatic heterocycles. The highest BCUT2D eigenvalue weighted by molar-refractivity contribution is 6.05. The highest BCUT2D eigenvalue weighted by Crippen LogP contribution is 2.37. The molecule has 2 aromatic carbocycles. The molecule has 312 valence electrons. The first-order chi connectivity index (χ1) is 28.2. The zero-order valence-electron chi connectivity index (χ0n) is 33.5. The number of para-hydroxylation sites is 1. The third kappa shape index (κ3) is 7.67. The van der Waals surface area contributed by atoms with Crippen molar-refractivity contribution in [2.24, 2.45) is 13.0 Å². The Morgan fingerprint density at radius 3 is 2.41 bits per heavy atom. The number of hydrogen-bond donors (Lipinski definition) is 1. The molecular weight excluding hydrogens is 768 g/mol. The van der Waals surface area contributed by atoms with Crippen LogP contribution in [-0.4, -0.2) is 98.3 Å². The third-order valence-electron chi connectivity index (χ3n) is 12.5. The van der Waals surface area contributed by atoms with Crippen molar-refractivity contribution in [2.45, 2.75) is 75.7 Å². The summed E-state index contributed by atoms with van der Waals surface area (Å²) in [5, 5.41) is 8.26. The lowest BCUT2D eigenvalue weighted by Crippen LogP contribution is -2.45. The van der Waals surface area contributed by atoms with Gasteiger partial charge in [0.2, 0.25) is 5.91 Å². The summed E-state index contributed by atoms with van der Waals surface area (Å²) >= 11 is 0. The Morgan fingerprint density at radius 1 is 0.966 bits per heavy atom. The molecule has 17 heteroatoms. The van der Waals surface area contributed by atoms with Crippen LogP contribution in [-0.2, 0) is 22.8 Å². The first kappa shape index (κ1) is 40.1. The van der Waals surface area contributed by atoms with Crippen LogP contribution in [0.5, 0.6) is 5.75 Å². The third-order valence-corrected chi connectivity index (χ3v) is 12.5. The number of aryl methyl sites for hydroxylation is 1. The fourth-order valence-corrected chi connectivity index (χ4v) is 9.24. The molecule has 2 saturated heterocycles. The number of imidazole rings is 1. The van der Waals surface area contributed by atoms with E-state index in [2.05, 4.69) is 27.1 Å². The molecular formula is C42H48F3N9O5. The summed E-state index contributed by atoms with van der Waals surface area (Å²) < 4.78 is 50.3. The molecule has 3 fully saturated rings. The maximum atomic E-state index is 13.6. The summed E-state index contributed by atoms with van der Waals surface area (Å²) in [7, 11) is 6.90. The molecule has 14 nitrogen and oxygen atoms in total. The number of fused-ring (bicyclic) bond motifs is 2. The van der Waals surface area contributed by atoms with Crippen molar-refractivity contribution in [1.29, 1.82) is 0 Å². The average Bonchev–Trinajstić information content (AvgIpc) is 3.76. The Hall–Kier alpha value is -5.71. The molecule has 5 aromatic rings. The number of anilines is 2. The van der Waals surface area contributed by atoms with Gasteiger partial charge in [0.05, 0.1) is 41.1 Å². The van der Waals surface area contributed by atoms with E-state index in [1.165, 1.54) is 20.2 Å². The SMILES string of the molecule is COc1cc2nn(C3CCC(CN(C)C4CCN(c5cccc6c5n(C)c(=O)n6C5CCC(=O)N(C)C5=O)CC4)CC3)cc2cc1NC(=O)c1cccc(C(F)(F)F)n1. The van der Waals surface area contributed by atoms with Crippen LogP contribution < -0.4 is 20.6 Å². The summed E-state index contributed by atoms with van der Waals surface area (Å²) in [6.45, 7) is 2.68. The van der Waals surface area contributed by atoms with Gasteiger partial charge < -0.3 is 19.9 Å². The Labute approximate surface area is 338 Å². The number of methoxy groups -OCH3 is 1. The van der Waals surface area contributed by atoms with Gasteiger partial charge in [0.1, 0.15) is 23.2 Å². The maximum Gasteiger partial charge on any atom is 0.433 e. The second-order valence-corrected chi connectivity index (χ2v) is 16.1. The van der Waals surface area contributed by atoms with Crippen LogP contribution >= 0.6 is 0 Å². The number of nitrogens with one attached hydrogen (secondary N) is 1. The number of piperidine rings is 2. The van der Waals surface area contributed by atoms with Crippen LogP contribution in [0, 0.1) is 5.92 Å². The predicted molar refractivity (Wildman–Crippen MR) is 216 cm³/mol. The fourth-order valence-electron chi connectivity index (χ4n) is 9.24. The molecule has 1 atom stereocenters. The van der Waals surface area contributed by atoms with Gasteiger partial charge in [-0.1, -0.05) is 12.1 Å². The Balaban J connectivity index is 0.868. The van der Waals surface area contributed by atoms with E-state index in [-0.39, 0.29) is 35.7 Å². The van der Waals surface area contributed by atoms with Crippen LogP contribution in [0.3, 0.4) is 0 Å². The van der Waals surface area contributed by atoms with Gasteiger partial charge in [-0.25, -0.2) is 9.78 Å². The number of carbonyl (C=O) groups excluding carboxylic acids is 3. The minimum Gasteiger partial charge on any atom is -0.494 e. The van der Waals surface area contributed by atoms with Gasteiger partial charge >= 0.3 is 11.9 Å². The minimum atomic E-state index is -4.67. The van der Waals surface area contributed by atoms with E-state index in [1.807, 2.05) is 29.1 Å². The number of carbonyl (C=O) groups is 3. The summed E-state index contributed by atoms with van der Waals surface area (Å²) in [6, 6.07) is 12.4. The Morgan fingerprint density at radius 2 is 1.69 bits per heavy atom. The molecule has 1 unspecified atom stereocenters. The first-order valence-corrected chi connectivity index (χ1v) is 20.1. The second kappa shape index (κ2) is 15.8. The van der Waals surface area contributed by atoms with Gasteiger partial charge in [0.15, 0.2) is 0 Å². The summed E-state index contributed by atoms with van der Waals surface area (Å²) in [6.07, 6.45) is 3.80. The number of benzene rings is 2. The van der Waals surface area contributed by atoms with Crippen LogP contribution in [0.4, 0.5) is 24.5 Å². The lowest BCUT2D eigenvalue weighted by atomic mass is 9.85. The molecule has 3 aliphatic rings. The van der Waals surface area contributed by atoms with E-state index in [9.17, 15) is 32.3 Å². The number of halogens is 3. The molecule has 0 radical (unpaired) electrons. The molecule has 59 heavy (non-hydrogen) atoms. The lowest BCUT2D eigenvalue weighted by molar-refractivity contribution is -0.149. The van der Waals surface area contributed by atoms with E-state index in [0.717, 1.165) is 91.8 Å². The van der Waals surface area contributed by atoms with Gasteiger partial charge in [-0.3, -0.25) is 33.1 Å². The average molecular weight is 816 g/mol. The molecule has 3 aromatic heterocycles. The topological polar surface area (TPSA) is 140 Å². The normalized spacial score (nSPS) is 20.9. The molecule has 1 N–H and O–H groups in total. The number of aromatic nitrogens is 5. The summed E-state index contributed by atoms with van der Waals surface area (Å²) in [5.74, 6) is -0.479. The van der Waals surface area contributed by atoms with Crippen molar-refractivity contribution in [1.82, 2.24) is 33.7 Å². The first-order valence-electron chi connectivity index (χ1n) is 20.1. The molecule has 1 aliphatic carbocycles. The van der Waals surface area contributed by atoms with E-state index in [0.29, 0.717) is 40.9 Å². The van der Waals surface area contributed by atoms with E-state index in [1.54, 1.807) is 28.3 Å². The number of hydrogen-bond acceptors (Lipinski definition) is 9. The summed E-state index contributed by atoms with van der Waals surface area (Å²) in [5.41, 5.74) is 1.72. The lowest BCUT2D eigenvalue weighted by Gasteiger charge is -2.40. The van der Waals surface area contributed by atoms with Gasteiger partial charge in [-0.15, -0.1) is 0 Å². The quantitative estimate of drug-likeness (QED) is 0.177. The molecule has 3 amide bonds. The number of pyridine rings is 1. The molecule has 5 heterocycles. The Bertz CT molecular complexity index is 2480. The fraction of sp³-hybridized carbons (Fsp3) is 0.476. The Kier molecular flexibility index (Phi) is 10.7. The zero-order chi connectivity index (χ0) is 41.7. The monoisotopic (exact) mass is 815 g/mol. The number of ether oxygens (including phenoxy) is 1. The summed E-state index contributed by atoms with van der Waals surface area (Å²) in [4.78, 5) is 61.2. The number of likely N-dealkylation sites (tertiary alicyclic amines) is 1. The number of likely N-dealkylation sites (N-methyl/N-ethyl adjacent to an activating group) is 1. The van der Waals surface area contributed by atoms with Crippen LogP contribution in [0.25, 0.3) is 21.9 Å². The number of rotatable bonds is 9. The van der Waals surface area contributed by atoms with E-state index >= 15 is 0 Å². The molecule has 0 spiro atoms. The molecule has 8 rings (SSSR count). The van der Waals surface area contributed by atoms with Crippen molar-refractivity contribution in [3.05, 3.63) is 76.6 Å². The van der Waals surface area contributed by atoms with E-state index < -0.39 is 23.8 Å². The largest absolute Gasteiger partial charge is 0.494 e. The van der Waals surface area contributed by atoms with Gasteiger partial charge in [-0.05, 0) is 88.2 Å². The highest BCUT2D eigenvalue weighted by atomic mass is 19.4. The number of imide groups is 1. The minimum absolute atomic E-state index is 0.207.